The van der Waals surface area contributed by atoms with Crippen LogP contribution in [0.4, 0.5) is 0 Å². The minimum Gasteiger partial charge on any atom is -0.497 e. The molecule has 4 rings (SSSR count). The first-order chi connectivity index (χ1) is 14.5. The van der Waals surface area contributed by atoms with E-state index in [1.165, 1.54) is 0 Å². The Morgan fingerprint density at radius 2 is 1.90 bits per heavy atom. The second kappa shape index (κ2) is 8.95. The predicted octanol–water partition coefficient (Wildman–Crippen LogP) is 2.69. The molecule has 1 fully saturated rings. The molecule has 0 spiro atoms. The fraction of sp³-hybridized carbons (Fsp3) is 0.333. The second-order valence-electron chi connectivity index (χ2n) is 7.23. The standard InChI is InChI=1S/C21H24N4O4S/c1-28-18-7-5-6-16(14-18)21-22-20(29-23-21)15-25-12-10-17(11-13-25)24-30(26,27)19-8-3-2-4-9-19/h2-9,14,17,24H,10-13,15H2,1H3. The van der Waals surface area contributed by atoms with Crippen LogP contribution in [0.3, 0.4) is 0 Å². The van der Waals surface area contributed by atoms with Crippen LogP contribution in [0.5, 0.6) is 5.75 Å². The number of nitrogens with zero attached hydrogens (tertiary/aromatic N) is 3. The van der Waals surface area contributed by atoms with Gasteiger partial charge in [0.2, 0.25) is 21.7 Å². The van der Waals surface area contributed by atoms with Crippen LogP contribution in [0.25, 0.3) is 11.4 Å². The lowest BCUT2D eigenvalue weighted by atomic mass is 10.1. The molecule has 9 heteroatoms. The zero-order valence-corrected chi connectivity index (χ0v) is 17.5. The quantitative estimate of drug-likeness (QED) is 0.618. The maximum absolute atomic E-state index is 12.5. The van der Waals surface area contributed by atoms with Gasteiger partial charge in [0.25, 0.3) is 0 Å². The molecule has 1 aliphatic rings. The first-order valence-corrected chi connectivity index (χ1v) is 11.3. The summed E-state index contributed by atoms with van der Waals surface area (Å²) in [5, 5.41) is 4.06. The van der Waals surface area contributed by atoms with Crippen LogP contribution < -0.4 is 9.46 Å². The number of hydrogen-bond donors (Lipinski definition) is 1. The fourth-order valence-corrected chi connectivity index (χ4v) is 4.81. The van der Waals surface area contributed by atoms with Crippen molar-refractivity contribution in [2.75, 3.05) is 20.2 Å². The van der Waals surface area contributed by atoms with Crippen LogP contribution >= 0.6 is 0 Å². The van der Waals surface area contributed by atoms with Crippen LogP contribution in [0.2, 0.25) is 0 Å². The van der Waals surface area contributed by atoms with Crippen molar-refractivity contribution in [3.05, 3.63) is 60.5 Å². The van der Waals surface area contributed by atoms with E-state index < -0.39 is 10.0 Å². The normalized spacial score (nSPS) is 15.9. The minimum absolute atomic E-state index is 0.0820. The molecule has 1 aliphatic heterocycles. The Kier molecular flexibility index (Phi) is 6.12. The molecule has 0 saturated carbocycles. The molecule has 0 atom stereocenters. The highest BCUT2D eigenvalue weighted by Crippen LogP contribution is 2.22. The van der Waals surface area contributed by atoms with E-state index in [0.29, 0.717) is 23.2 Å². The molecule has 1 N–H and O–H groups in total. The van der Waals surface area contributed by atoms with Crippen LogP contribution in [-0.2, 0) is 16.6 Å². The van der Waals surface area contributed by atoms with Crippen molar-refractivity contribution in [1.29, 1.82) is 0 Å². The number of ether oxygens (including phenoxy) is 1. The number of rotatable bonds is 7. The smallest absolute Gasteiger partial charge is 0.241 e. The van der Waals surface area contributed by atoms with Gasteiger partial charge in [0.1, 0.15) is 5.75 Å². The molecule has 30 heavy (non-hydrogen) atoms. The third kappa shape index (κ3) is 4.86. The zero-order chi connectivity index (χ0) is 21.0. The van der Waals surface area contributed by atoms with Gasteiger partial charge in [-0.25, -0.2) is 13.1 Å². The summed E-state index contributed by atoms with van der Waals surface area (Å²) in [6.07, 6.45) is 1.45. The molecular formula is C21H24N4O4S. The van der Waals surface area contributed by atoms with Gasteiger partial charge in [0.05, 0.1) is 18.6 Å². The van der Waals surface area contributed by atoms with Crippen molar-refractivity contribution in [1.82, 2.24) is 19.8 Å². The van der Waals surface area contributed by atoms with Crippen LogP contribution in [-0.4, -0.2) is 49.7 Å². The molecule has 8 nitrogen and oxygen atoms in total. The highest BCUT2D eigenvalue weighted by atomic mass is 32.2. The summed E-state index contributed by atoms with van der Waals surface area (Å²) >= 11 is 0. The summed E-state index contributed by atoms with van der Waals surface area (Å²) in [7, 11) is -1.87. The number of methoxy groups -OCH3 is 1. The maximum Gasteiger partial charge on any atom is 0.241 e. The maximum atomic E-state index is 12.5. The Bertz CT molecular complexity index is 1080. The summed E-state index contributed by atoms with van der Waals surface area (Å²) in [5.74, 6) is 1.80. The fourth-order valence-electron chi connectivity index (χ4n) is 3.49. The molecule has 1 aromatic heterocycles. The van der Waals surface area contributed by atoms with Crippen LogP contribution in [0.15, 0.2) is 64.0 Å². The number of nitrogens with one attached hydrogen (secondary N) is 1. The van der Waals surface area contributed by atoms with Gasteiger partial charge in [-0.05, 0) is 37.1 Å². The minimum atomic E-state index is -3.49. The van der Waals surface area contributed by atoms with E-state index in [9.17, 15) is 8.42 Å². The van der Waals surface area contributed by atoms with E-state index in [1.807, 2.05) is 24.3 Å². The average Bonchev–Trinajstić information content (AvgIpc) is 3.24. The lowest BCUT2D eigenvalue weighted by molar-refractivity contribution is 0.177. The van der Waals surface area contributed by atoms with Gasteiger partial charge < -0.3 is 9.26 Å². The summed E-state index contributed by atoms with van der Waals surface area (Å²) in [6.45, 7) is 2.03. The largest absolute Gasteiger partial charge is 0.497 e. The van der Waals surface area contributed by atoms with E-state index in [0.717, 1.165) is 37.2 Å². The monoisotopic (exact) mass is 428 g/mol. The van der Waals surface area contributed by atoms with Gasteiger partial charge in [-0.1, -0.05) is 35.5 Å². The molecule has 3 aromatic rings. The molecule has 158 valence electrons. The summed E-state index contributed by atoms with van der Waals surface area (Å²) < 4.78 is 38.4. The lowest BCUT2D eigenvalue weighted by Crippen LogP contribution is -2.44. The first-order valence-electron chi connectivity index (χ1n) is 9.80. The highest BCUT2D eigenvalue weighted by molar-refractivity contribution is 7.89. The number of aromatic nitrogens is 2. The summed E-state index contributed by atoms with van der Waals surface area (Å²) in [4.78, 5) is 6.97. The Morgan fingerprint density at radius 1 is 1.13 bits per heavy atom. The van der Waals surface area contributed by atoms with Crippen molar-refractivity contribution in [3.8, 4) is 17.1 Å². The molecule has 0 amide bonds. The SMILES string of the molecule is COc1cccc(-c2noc(CN3CCC(NS(=O)(=O)c4ccccc4)CC3)n2)c1. The van der Waals surface area contributed by atoms with E-state index in [-0.39, 0.29) is 6.04 Å². The van der Waals surface area contributed by atoms with Crippen molar-refractivity contribution in [2.24, 2.45) is 0 Å². The Labute approximate surface area is 175 Å². The van der Waals surface area contributed by atoms with E-state index >= 15 is 0 Å². The average molecular weight is 429 g/mol. The topological polar surface area (TPSA) is 97.6 Å². The second-order valence-corrected chi connectivity index (χ2v) is 8.94. The number of hydrogen-bond acceptors (Lipinski definition) is 7. The molecular weight excluding hydrogens is 404 g/mol. The highest BCUT2D eigenvalue weighted by Gasteiger charge is 2.25. The van der Waals surface area contributed by atoms with Crippen LogP contribution in [0.1, 0.15) is 18.7 Å². The van der Waals surface area contributed by atoms with E-state index in [2.05, 4.69) is 19.8 Å². The first kappa shape index (κ1) is 20.5. The van der Waals surface area contributed by atoms with Gasteiger partial charge >= 0.3 is 0 Å². The number of sulfonamides is 1. The molecule has 1 saturated heterocycles. The summed E-state index contributed by atoms with van der Waals surface area (Å²) in [6, 6.07) is 15.9. The number of piperidine rings is 1. The predicted molar refractivity (Wildman–Crippen MR) is 111 cm³/mol. The number of likely N-dealkylation sites (tertiary alicyclic amines) is 1. The molecule has 0 unspecified atom stereocenters. The van der Waals surface area contributed by atoms with E-state index in [1.54, 1.807) is 37.4 Å². The van der Waals surface area contributed by atoms with Crippen molar-refractivity contribution < 1.29 is 17.7 Å². The van der Waals surface area contributed by atoms with Gasteiger partial charge in [-0.2, -0.15) is 4.98 Å². The van der Waals surface area contributed by atoms with Crippen LogP contribution in [0, 0.1) is 0 Å². The van der Waals surface area contributed by atoms with Crippen molar-refractivity contribution >= 4 is 10.0 Å². The summed E-state index contributed by atoms with van der Waals surface area (Å²) in [5.41, 5.74) is 0.832. The Balaban J connectivity index is 1.32. The van der Waals surface area contributed by atoms with E-state index in [4.69, 9.17) is 9.26 Å². The zero-order valence-electron chi connectivity index (χ0n) is 16.7. The lowest BCUT2D eigenvalue weighted by Gasteiger charge is -2.31. The Morgan fingerprint density at radius 3 is 2.63 bits per heavy atom. The van der Waals surface area contributed by atoms with Gasteiger partial charge in [-0.15, -0.1) is 0 Å². The molecule has 2 heterocycles. The third-order valence-corrected chi connectivity index (χ3v) is 6.65. The number of benzene rings is 2. The molecule has 2 aromatic carbocycles. The Hall–Kier alpha value is -2.75. The molecule has 0 radical (unpaired) electrons. The van der Waals surface area contributed by atoms with Gasteiger partial charge in [-0.3, -0.25) is 4.90 Å². The van der Waals surface area contributed by atoms with Crippen molar-refractivity contribution in [3.63, 3.8) is 0 Å². The van der Waals surface area contributed by atoms with Gasteiger partial charge in [0, 0.05) is 24.7 Å². The third-order valence-electron chi connectivity index (χ3n) is 5.12. The molecule has 0 bridgehead atoms. The molecule has 0 aliphatic carbocycles. The van der Waals surface area contributed by atoms with Crippen molar-refractivity contribution in [2.45, 2.75) is 30.3 Å². The van der Waals surface area contributed by atoms with Gasteiger partial charge in [0.15, 0.2) is 0 Å².